The van der Waals surface area contributed by atoms with Crippen LogP contribution < -0.4 is 0 Å². The number of hydrogen-bond donors (Lipinski definition) is 0. The zero-order valence-corrected chi connectivity index (χ0v) is 15.1. The molecule has 11 heteroatoms. The first-order chi connectivity index (χ1) is 11.5. The fraction of sp³-hybridized carbons (Fsp3) is 0.929. The molecule has 0 aromatic rings. The molecule has 0 aliphatic rings. The van der Waals surface area contributed by atoms with Crippen LogP contribution in [0.25, 0.3) is 0 Å². The van der Waals surface area contributed by atoms with Crippen molar-refractivity contribution in [3.8, 4) is 0 Å². The molecule has 0 spiro atoms. The van der Waals surface area contributed by atoms with Crippen molar-refractivity contribution in [2.45, 2.75) is 65.8 Å². The monoisotopic (exact) mass is 366 g/mol. The van der Waals surface area contributed by atoms with Gasteiger partial charge in [-0.15, -0.1) is 20.2 Å². The number of nitrogens with zero attached hydrogens (tertiary/aromatic N) is 2. The molecule has 0 heterocycles. The summed E-state index contributed by atoms with van der Waals surface area (Å²) in [6.45, 7) is 8.68. The molecule has 0 aliphatic carbocycles. The van der Waals surface area contributed by atoms with Gasteiger partial charge >= 0.3 is 6.16 Å². The zero-order chi connectivity index (χ0) is 19.6. The van der Waals surface area contributed by atoms with Crippen LogP contribution in [-0.4, -0.2) is 41.2 Å². The molecule has 25 heavy (non-hydrogen) atoms. The van der Waals surface area contributed by atoms with E-state index >= 15 is 0 Å². The molecule has 0 aliphatic heterocycles. The Morgan fingerprint density at radius 1 is 0.960 bits per heavy atom. The second-order valence-corrected chi connectivity index (χ2v) is 6.21. The number of rotatable bonds is 12. The molecule has 146 valence electrons. The third-order valence-corrected chi connectivity index (χ3v) is 3.53. The molecule has 0 saturated heterocycles. The van der Waals surface area contributed by atoms with E-state index in [1.807, 2.05) is 13.8 Å². The first-order valence-corrected chi connectivity index (χ1v) is 8.00. The van der Waals surface area contributed by atoms with Crippen LogP contribution in [0.3, 0.4) is 0 Å². The van der Waals surface area contributed by atoms with Crippen molar-refractivity contribution in [3.05, 3.63) is 20.2 Å². The van der Waals surface area contributed by atoms with Gasteiger partial charge in [0.25, 0.3) is 10.2 Å². The van der Waals surface area contributed by atoms with Crippen LogP contribution in [0.5, 0.6) is 0 Å². The lowest BCUT2D eigenvalue weighted by molar-refractivity contribution is -0.800. The van der Waals surface area contributed by atoms with Gasteiger partial charge in [-0.3, -0.25) is 0 Å². The third kappa shape index (κ3) is 10.2. The zero-order valence-electron chi connectivity index (χ0n) is 15.1. The second-order valence-electron chi connectivity index (χ2n) is 6.21. The Kier molecular flexibility index (Phi) is 10.2. The summed E-state index contributed by atoms with van der Waals surface area (Å²) in [4.78, 5) is 41.6. The SMILES string of the molecule is CC(C)C(C)OC(=O)OCCCC(O[N+](=O)[O-])C(O[N+](=O)[O-])C(C)C. The first kappa shape index (κ1) is 22.7. The Labute approximate surface area is 145 Å². The molecule has 0 saturated carbocycles. The topological polar surface area (TPSA) is 140 Å². The van der Waals surface area contributed by atoms with E-state index in [1.54, 1.807) is 20.8 Å². The summed E-state index contributed by atoms with van der Waals surface area (Å²) < 4.78 is 9.89. The van der Waals surface area contributed by atoms with Gasteiger partial charge in [0, 0.05) is 0 Å². The van der Waals surface area contributed by atoms with Crippen LogP contribution in [0, 0.1) is 32.1 Å². The number of carbonyl (C=O) groups excluding carboxylic acids is 1. The van der Waals surface area contributed by atoms with Crippen LogP contribution in [0.15, 0.2) is 0 Å². The van der Waals surface area contributed by atoms with Gasteiger partial charge in [-0.1, -0.05) is 27.7 Å². The summed E-state index contributed by atoms with van der Waals surface area (Å²) in [6, 6.07) is 0. The van der Waals surface area contributed by atoms with Gasteiger partial charge in [0.05, 0.1) is 6.61 Å². The van der Waals surface area contributed by atoms with Crippen LogP contribution in [0.1, 0.15) is 47.5 Å². The maximum absolute atomic E-state index is 11.5. The van der Waals surface area contributed by atoms with E-state index in [0.717, 1.165) is 0 Å². The average molecular weight is 366 g/mol. The molecule has 0 aromatic carbocycles. The van der Waals surface area contributed by atoms with Crippen molar-refractivity contribution in [3.63, 3.8) is 0 Å². The Morgan fingerprint density at radius 3 is 1.96 bits per heavy atom. The van der Waals surface area contributed by atoms with Crippen molar-refractivity contribution in [2.75, 3.05) is 6.61 Å². The first-order valence-electron chi connectivity index (χ1n) is 8.00. The number of carbonyl (C=O) groups is 1. The summed E-state index contributed by atoms with van der Waals surface area (Å²) >= 11 is 0. The van der Waals surface area contributed by atoms with Gasteiger partial charge in [0.1, 0.15) is 18.3 Å². The predicted octanol–water partition coefficient (Wildman–Crippen LogP) is 2.77. The van der Waals surface area contributed by atoms with Gasteiger partial charge in [-0.05, 0) is 31.6 Å². The highest BCUT2D eigenvalue weighted by atomic mass is 17.0. The van der Waals surface area contributed by atoms with Crippen molar-refractivity contribution in [1.82, 2.24) is 0 Å². The summed E-state index contributed by atoms with van der Waals surface area (Å²) in [6.07, 6.45) is -3.20. The minimum absolute atomic E-state index is 0.0324. The van der Waals surface area contributed by atoms with Gasteiger partial charge in [-0.25, -0.2) is 4.79 Å². The van der Waals surface area contributed by atoms with Crippen molar-refractivity contribution >= 4 is 6.16 Å². The number of hydrogen-bond acceptors (Lipinski definition) is 9. The lowest BCUT2D eigenvalue weighted by Crippen LogP contribution is -2.39. The van der Waals surface area contributed by atoms with E-state index in [1.165, 1.54) is 0 Å². The molecule has 0 aromatic heterocycles. The molecule has 0 radical (unpaired) electrons. The Balaban J connectivity index is 4.51. The maximum atomic E-state index is 11.5. The second kappa shape index (κ2) is 11.3. The molecular weight excluding hydrogens is 340 g/mol. The van der Waals surface area contributed by atoms with E-state index < -0.39 is 34.5 Å². The third-order valence-electron chi connectivity index (χ3n) is 3.53. The molecule has 0 rings (SSSR count). The minimum Gasteiger partial charge on any atom is -0.434 e. The van der Waals surface area contributed by atoms with E-state index in [0.29, 0.717) is 0 Å². The van der Waals surface area contributed by atoms with Crippen molar-refractivity contribution < 1.29 is 34.1 Å². The lowest BCUT2D eigenvalue weighted by atomic mass is 9.98. The molecule has 0 bridgehead atoms. The number of ether oxygens (including phenoxy) is 2. The molecular formula is C14H26N2O9. The molecule has 0 N–H and O–H groups in total. The van der Waals surface area contributed by atoms with Gasteiger partial charge in [0.2, 0.25) is 0 Å². The highest BCUT2D eigenvalue weighted by molar-refractivity contribution is 5.60. The summed E-state index contributed by atoms with van der Waals surface area (Å²) in [5.74, 6) is -0.260. The van der Waals surface area contributed by atoms with Crippen LogP contribution >= 0.6 is 0 Å². The highest BCUT2D eigenvalue weighted by Gasteiger charge is 2.31. The van der Waals surface area contributed by atoms with Gasteiger partial charge in [-0.2, -0.15) is 0 Å². The fourth-order valence-electron chi connectivity index (χ4n) is 1.87. The largest absolute Gasteiger partial charge is 0.508 e. The Hall–Kier alpha value is -2.33. The van der Waals surface area contributed by atoms with Crippen LogP contribution in [-0.2, 0) is 19.1 Å². The van der Waals surface area contributed by atoms with Gasteiger partial charge in [0.15, 0.2) is 0 Å². The Morgan fingerprint density at radius 2 is 1.52 bits per heavy atom. The smallest absolute Gasteiger partial charge is 0.434 e. The molecule has 11 nitrogen and oxygen atoms in total. The fourth-order valence-corrected chi connectivity index (χ4v) is 1.87. The van der Waals surface area contributed by atoms with Crippen molar-refractivity contribution in [1.29, 1.82) is 0 Å². The van der Waals surface area contributed by atoms with E-state index in [-0.39, 0.29) is 31.5 Å². The summed E-state index contributed by atoms with van der Waals surface area (Å²) in [7, 11) is 0. The van der Waals surface area contributed by atoms with E-state index in [2.05, 4.69) is 9.68 Å². The molecule has 0 amide bonds. The average Bonchev–Trinajstić information content (AvgIpc) is 2.47. The lowest BCUT2D eigenvalue weighted by Gasteiger charge is -2.26. The highest BCUT2D eigenvalue weighted by Crippen LogP contribution is 2.19. The molecule has 3 unspecified atom stereocenters. The van der Waals surface area contributed by atoms with Gasteiger partial charge < -0.3 is 19.1 Å². The van der Waals surface area contributed by atoms with Crippen LogP contribution in [0.2, 0.25) is 0 Å². The molecule has 3 atom stereocenters. The van der Waals surface area contributed by atoms with Crippen LogP contribution in [0.4, 0.5) is 4.79 Å². The quantitative estimate of drug-likeness (QED) is 0.220. The Bertz CT molecular complexity index is 442. The van der Waals surface area contributed by atoms with E-state index in [9.17, 15) is 25.0 Å². The maximum Gasteiger partial charge on any atom is 0.508 e. The normalized spacial score (nSPS) is 14.5. The molecule has 0 fully saturated rings. The predicted molar refractivity (Wildman–Crippen MR) is 84.5 cm³/mol. The standard InChI is InChI=1S/C14H26N2O9/c1-9(2)11(5)23-14(17)22-8-6-7-12(24-15(18)19)13(10(3)4)25-16(20)21/h9-13H,6-8H2,1-5H3. The minimum atomic E-state index is -1.16. The summed E-state index contributed by atoms with van der Waals surface area (Å²) in [5.41, 5.74) is 0. The summed E-state index contributed by atoms with van der Waals surface area (Å²) in [5, 5.41) is 19.1. The van der Waals surface area contributed by atoms with E-state index in [4.69, 9.17) is 9.47 Å². The van der Waals surface area contributed by atoms with Crippen molar-refractivity contribution in [2.24, 2.45) is 11.8 Å².